The van der Waals surface area contributed by atoms with E-state index in [-0.39, 0.29) is 11.9 Å². The van der Waals surface area contributed by atoms with Crippen LogP contribution in [-0.4, -0.2) is 47.7 Å². The number of benzene rings is 1. The molecule has 1 amide bonds. The Hall–Kier alpha value is -1.60. The van der Waals surface area contributed by atoms with E-state index in [1.165, 1.54) is 0 Å². The van der Waals surface area contributed by atoms with Gasteiger partial charge < -0.3 is 20.1 Å². The molecule has 0 aliphatic carbocycles. The number of nitrogens with one attached hydrogen (secondary N) is 1. The van der Waals surface area contributed by atoms with Crippen LogP contribution in [0.1, 0.15) is 48.5 Å². The average molecular weight is 424 g/mol. The van der Waals surface area contributed by atoms with Gasteiger partial charge in [-0.15, -0.1) is 0 Å². The monoisotopic (exact) mass is 423 g/mol. The molecule has 2 aliphatic heterocycles. The molecule has 0 saturated carbocycles. The molecular weight excluding hydrogens is 401 g/mol. The van der Waals surface area contributed by atoms with Gasteiger partial charge in [-0.1, -0.05) is 23.2 Å². The standard InChI is InChI=1S/C20H23Cl2N3O3/c1-10-16-12-7-14(28-2)17(21)18(22)20(12)24-19(11-3-5-23-6-4-11)13(16)8-25(10)15(27)9-26/h7,10-11,23,26H,3-6,8-9H2,1-2H3/t10-/m0/s1. The van der Waals surface area contributed by atoms with Gasteiger partial charge in [0.15, 0.2) is 0 Å². The van der Waals surface area contributed by atoms with Crippen LogP contribution in [0.25, 0.3) is 10.9 Å². The van der Waals surface area contributed by atoms with Crippen molar-refractivity contribution in [3.8, 4) is 5.75 Å². The highest BCUT2D eigenvalue weighted by atomic mass is 35.5. The maximum atomic E-state index is 12.3. The molecule has 0 bridgehead atoms. The van der Waals surface area contributed by atoms with E-state index in [0.717, 1.165) is 48.1 Å². The van der Waals surface area contributed by atoms with Crippen LogP contribution in [-0.2, 0) is 11.3 Å². The molecule has 0 radical (unpaired) electrons. The first kappa shape index (κ1) is 19.7. The molecule has 3 heterocycles. The Bertz CT molecular complexity index is 944. The van der Waals surface area contributed by atoms with Crippen LogP contribution >= 0.6 is 23.2 Å². The Balaban J connectivity index is 1.99. The molecule has 1 fully saturated rings. The highest BCUT2D eigenvalue weighted by Crippen LogP contribution is 2.47. The highest BCUT2D eigenvalue weighted by molar-refractivity contribution is 6.46. The summed E-state index contributed by atoms with van der Waals surface area (Å²) >= 11 is 13.0. The number of aliphatic hydroxyl groups excluding tert-OH is 1. The molecule has 0 spiro atoms. The van der Waals surface area contributed by atoms with Crippen LogP contribution in [0, 0.1) is 0 Å². The molecule has 0 unspecified atom stereocenters. The summed E-state index contributed by atoms with van der Waals surface area (Å²) in [5.74, 6) is 0.491. The van der Waals surface area contributed by atoms with Crippen molar-refractivity contribution >= 4 is 40.0 Å². The van der Waals surface area contributed by atoms with E-state index in [4.69, 9.17) is 32.9 Å². The van der Waals surface area contributed by atoms with Crippen LogP contribution in [0.4, 0.5) is 0 Å². The highest BCUT2D eigenvalue weighted by Gasteiger charge is 2.36. The third-order valence-electron chi connectivity index (χ3n) is 5.92. The zero-order chi connectivity index (χ0) is 20.0. The van der Waals surface area contributed by atoms with Crippen molar-refractivity contribution in [2.24, 2.45) is 0 Å². The number of hydrogen-bond acceptors (Lipinski definition) is 5. The molecule has 2 N–H and O–H groups in total. The largest absolute Gasteiger partial charge is 0.495 e. The summed E-state index contributed by atoms with van der Waals surface area (Å²) in [6.07, 6.45) is 1.96. The molecule has 1 saturated heterocycles. The molecule has 6 nitrogen and oxygen atoms in total. The van der Waals surface area contributed by atoms with E-state index in [1.807, 2.05) is 13.0 Å². The summed E-state index contributed by atoms with van der Waals surface area (Å²) < 4.78 is 5.40. The zero-order valence-corrected chi connectivity index (χ0v) is 17.4. The minimum atomic E-state index is -0.512. The maximum absolute atomic E-state index is 12.3. The normalized spacial score (nSPS) is 19.9. The number of halogens is 2. The molecule has 1 aromatic heterocycles. The fourth-order valence-electron chi connectivity index (χ4n) is 4.48. The number of pyridine rings is 1. The summed E-state index contributed by atoms with van der Waals surface area (Å²) in [4.78, 5) is 19.0. The van der Waals surface area contributed by atoms with Gasteiger partial charge in [0.05, 0.1) is 23.7 Å². The van der Waals surface area contributed by atoms with Gasteiger partial charge in [0, 0.05) is 23.5 Å². The second-order valence-corrected chi connectivity index (χ2v) is 8.13. The van der Waals surface area contributed by atoms with Gasteiger partial charge in [-0.3, -0.25) is 9.78 Å². The third-order valence-corrected chi connectivity index (χ3v) is 6.76. The number of piperidine rings is 1. The molecule has 1 aromatic carbocycles. The Kier molecular flexibility index (Phi) is 5.40. The molecule has 1 atom stereocenters. The van der Waals surface area contributed by atoms with Crippen molar-refractivity contribution < 1.29 is 14.6 Å². The van der Waals surface area contributed by atoms with E-state index >= 15 is 0 Å². The summed E-state index contributed by atoms with van der Waals surface area (Å²) in [5.41, 5.74) is 3.73. The summed E-state index contributed by atoms with van der Waals surface area (Å²) in [5, 5.41) is 14.4. The number of ether oxygens (including phenoxy) is 1. The molecule has 2 aromatic rings. The smallest absolute Gasteiger partial charge is 0.249 e. The number of carbonyl (C=O) groups is 1. The SMILES string of the molecule is COc1cc2c3c(c(C4CCNCC4)nc2c(Cl)c1Cl)CN(C(=O)CO)[C@H]3C. The Labute approximate surface area is 173 Å². The van der Waals surface area contributed by atoms with Gasteiger partial charge in [-0.2, -0.15) is 0 Å². The lowest BCUT2D eigenvalue weighted by molar-refractivity contribution is -0.136. The lowest BCUT2D eigenvalue weighted by Gasteiger charge is -2.25. The molecule has 2 aliphatic rings. The number of nitrogens with zero attached hydrogens (tertiary/aromatic N) is 2. The minimum Gasteiger partial charge on any atom is -0.495 e. The molecule has 28 heavy (non-hydrogen) atoms. The number of fused-ring (bicyclic) bond motifs is 3. The zero-order valence-electron chi connectivity index (χ0n) is 15.9. The fraction of sp³-hybridized carbons (Fsp3) is 0.500. The van der Waals surface area contributed by atoms with Crippen molar-refractivity contribution in [1.82, 2.24) is 15.2 Å². The molecule has 4 rings (SSSR count). The van der Waals surface area contributed by atoms with Gasteiger partial charge in [-0.05, 0) is 50.0 Å². The fourth-order valence-corrected chi connectivity index (χ4v) is 4.94. The van der Waals surface area contributed by atoms with E-state index in [2.05, 4.69) is 5.32 Å². The van der Waals surface area contributed by atoms with Crippen LogP contribution in [0.5, 0.6) is 5.75 Å². The first-order valence-electron chi connectivity index (χ1n) is 9.47. The van der Waals surface area contributed by atoms with Crippen molar-refractivity contribution in [2.75, 3.05) is 26.8 Å². The first-order chi connectivity index (χ1) is 13.5. The summed E-state index contributed by atoms with van der Waals surface area (Å²) in [7, 11) is 1.55. The maximum Gasteiger partial charge on any atom is 0.249 e. The Morgan fingerprint density at radius 1 is 1.36 bits per heavy atom. The quantitative estimate of drug-likeness (QED) is 0.790. The molecular formula is C20H23Cl2N3O3. The predicted octanol–water partition coefficient (Wildman–Crippen LogP) is 3.41. The number of hydrogen-bond donors (Lipinski definition) is 2. The average Bonchev–Trinajstić information content (AvgIpc) is 3.07. The van der Waals surface area contributed by atoms with E-state index in [1.54, 1.807) is 12.0 Å². The summed E-state index contributed by atoms with van der Waals surface area (Å²) in [6, 6.07) is 1.66. The van der Waals surface area contributed by atoms with Gasteiger partial charge >= 0.3 is 0 Å². The lowest BCUT2D eigenvalue weighted by Crippen LogP contribution is -2.30. The minimum absolute atomic E-state index is 0.192. The number of aromatic nitrogens is 1. The topological polar surface area (TPSA) is 74.7 Å². The van der Waals surface area contributed by atoms with Gasteiger partial charge in [0.25, 0.3) is 0 Å². The van der Waals surface area contributed by atoms with Crippen LogP contribution in [0.2, 0.25) is 10.0 Å². The van der Waals surface area contributed by atoms with Crippen LogP contribution < -0.4 is 10.1 Å². The number of methoxy groups -OCH3 is 1. The first-order valence-corrected chi connectivity index (χ1v) is 10.2. The van der Waals surface area contributed by atoms with Gasteiger partial charge in [0.1, 0.15) is 17.4 Å². The predicted molar refractivity (Wildman–Crippen MR) is 109 cm³/mol. The number of carbonyl (C=O) groups excluding carboxylic acids is 1. The van der Waals surface area contributed by atoms with E-state index in [9.17, 15) is 9.90 Å². The van der Waals surface area contributed by atoms with Crippen LogP contribution in [0.3, 0.4) is 0 Å². The van der Waals surface area contributed by atoms with Gasteiger partial charge in [0.2, 0.25) is 5.91 Å². The van der Waals surface area contributed by atoms with Crippen molar-refractivity contribution in [2.45, 2.75) is 38.3 Å². The van der Waals surface area contributed by atoms with Crippen molar-refractivity contribution in [1.29, 1.82) is 0 Å². The number of rotatable bonds is 3. The van der Waals surface area contributed by atoms with Crippen molar-refractivity contribution in [3.05, 3.63) is 32.9 Å². The third kappa shape index (κ3) is 3.03. The van der Waals surface area contributed by atoms with E-state index < -0.39 is 6.61 Å². The summed E-state index contributed by atoms with van der Waals surface area (Å²) in [6.45, 7) is 3.78. The number of aliphatic hydroxyl groups is 1. The molecule has 150 valence electrons. The lowest BCUT2D eigenvalue weighted by atomic mass is 9.88. The Morgan fingerprint density at radius 2 is 2.07 bits per heavy atom. The second kappa shape index (κ2) is 7.67. The molecule has 8 heteroatoms. The second-order valence-electron chi connectivity index (χ2n) is 7.37. The van der Waals surface area contributed by atoms with E-state index in [0.29, 0.717) is 33.8 Å². The van der Waals surface area contributed by atoms with Crippen LogP contribution in [0.15, 0.2) is 6.07 Å². The van der Waals surface area contributed by atoms with Crippen molar-refractivity contribution in [3.63, 3.8) is 0 Å². The van der Waals surface area contributed by atoms with Gasteiger partial charge in [-0.25, -0.2) is 0 Å². The Morgan fingerprint density at radius 3 is 2.71 bits per heavy atom. The number of amides is 1.